The molecule has 2 amide bonds. The minimum Gasteiger partial charge on any atom is -0.306 e. The maximum Gasteiger partial charge on any atom is 0.243 e. The lowest BCUT2D eigenvalue weighted by molar-refractivity contribution is -0.134. The second-order valence-corrected chi connectivity index (χ2v) is 5.55. The van der Waals surface area contributed by atoms with Crippen LogP contribution in [-0.4, -0.2) is 24.4 Å². The Morgan fingerprint density at radius 2 is 2.12 bits per heavy atom. The third-order valence-electron chi connectivity index (χ3n) is 3.94. The van der Waals surface area contributed by atoms with E-state index in [9.17, 15) is 9.59 Å². The molecule has 1 aliphatic heterocycles. The van der Waals surface area contributed by atoms with Crippen molar-refractivity contribution < 1.29 is 9.59 Å². The fourth-order valence-corrected chi connectivity index (χ4v) is 2.94. The Hall–Kier alpha value is -0.900. The van der Waals surface area contributed by atoms with E-state index in [1.807, 2.05) is 0 Å². The van der Waals surface area contributed by atoms with Crippen LogP contribution in [0.4, 0.5) is 0 Å². The van der Waals surface area contributed by atoms with Gasteiger partial charge >= 0.3 is 0 Å². The largest absolute Gasteiger partial charge is 0.306 e. The van der Waals surface area contributed by atoms with Gasteiger partial charge in [0.1, 0.15) is 0 Å². The van der Waals surface area contributed by atoms with E-state index in [1.54, 1.807) is 0 Å². The molecule has 2 aliphatic rings. The molecule has 1 heterocycles. The summed E-state index contributed by atoms with van der Waals surface area (Å²) < 4.78 is 0. The molecule has 96 valence electrons. The third kappa shape index (κ3) is 3.53. The van der Waals surface area contributed by atoms with Gasteiger partial charge in [0, 0.05) is 6.42 Å². The molecule has 0 aromatic rings. The number of amides is 2. The lowest BCUT2D eigenvalue weighted by atomic mass is 9.82. The zero-order valence-electron chi connectivity index (χ0n) is 10.5. The first-order chi connectivity index (χ1) is 8.15. The summed E-state index contributed by atoms with van der Waals surface area (Å²) in [5.41, 5.74) is 0. The van der Waals surface area contributed by atoms with Crippen LogP contribution in [-0.2, 0) is 9.59 Å². The number of imide groups is 1. The van der Waals surface area contributed by atoms with Gasteiger partial charge in [0.25, 0.3) is 0 Å². The molecule has 3 atom stereocenters. The summed E-state index contributed by atoms with van der Waals surface area (Å²) in [5, 5.41) is 5.70. The first kappa shape index (κ1) is 12.6. The maximum atomic E-state index is 11.5. The molecule has 17 heavy (non-hydrogen) atoms. The van der Waals surface area contributed by atoms with E-state index in [1.165, 1.54) is 25.7 Å². The number of carbonyl (C=O) groups excluding carboxylic acids is 2. The molecule has 4 heteroatoms. The summed E-state index contributed by atoms with van der Waals surface area (Å²) in [6.07, 6.45) is 6.29. The van der Waals surface area contributed by atoms with Crippen molar-refractivity contribution >= 4 is 11.8 Å². The lowest BCUT2D eigenvalue weighted by Gasteiger charge is -2.29. The summed E-state index contributed by atoms with van der Waals surface area (Å²) in [5.74, 6) is 1.23. The number of hydrogen-bond donors (Lipinski definition) is 2. The van der Waals surface area contributed by atoms with Gasteiger partial charge in [0.05, 0.1) is 6.04 Å². The summed E-state index contributed by atoms with van der Waals surface area (Å²) >= 11 is 0. The SMILES string of the molecule is CC1CCCC(CNC2CCC(=O)NC2=O)C1. The Labute approximate surface area is 103 Å². The van der Waals surface area contributed by atoms with Crippen molar-refractivity contribution in [1.29, 1.82) is 0 Å². The molecule has 1 aliphatic carbocycles. The minimum atomic E-state index is -0.162. The van der Waals surface area contributed by atoms with Gasteiger partial charge < -0.3 is 5.32 Å². The monoisotopic (exact) mass is 238 g/mol. The lowest BCUT2D eigenvalue weighted by Crippen LogP contribution is -2.51. The molecule has 0 spiro atoms. The molecule has 1 saturated heterocycles. The van der Waals surface area contributed by atoms with Gasteiger partial charge in [0.15, 0.2) is 0 Å². The van der Waals surface area contributed by atoms with Crippen molar-refractivity contribution in [3.63, 3.8) is 0 Å². The fourth-order valence-electron chi connectivity index (χ4n) is 2.94. The van der Waals surface area contributed by atoms with Gasteiger partial charge in [-0.25, -0.2) is 0 Å². The van der Waals surface area contributed by atoms with E-state index in [4.69, 9.17) is 0 Å². The second-order valence-electron chi connectivity index (χ2n) is 5.55. The maximum absolute atomic E-state index is 11.5. The van der Waals surface area contributed by atoms with E-state index in [-0.39, 0.29) is 17.9 Å². The van der Waals surface area contributed by atoms with Crippen LogP contribution >= 0.6 is 0 Å². The standard InChI is InChI=1S/C13H22N2O2/c1-9-3-2-4-10(7-9)8-14-11-5-6-12(16)15-13(11)17/h9-11,14H,2-8H2,1H3,(H,15,16,17). The fraction of sp³-hybridized carbons (Fsp3) is 0.846. The smallest absolute Gasteiger partial charge is 0.243 e. The highest BCUT2D eigenvalue weighted by Crippen LogP contribution is 2.28. The van der Waals surface area contributed by atoms with Crippen LogP contribution in [0.2, 0.25) is 0 Å². The first-order valence-corrected chi connectivity index (χ1v) is 6.72. The Bertz CT molecular complexity index is 304. The Balaban J connectivity index is 1.74. The predicted octanol–water partition coefficient (Wildman–Crippen LogP) is 1.21. The van der Waals surface area contributed by atoms with Crippen LogP contribution in [0.15, 0.2) is 0 Å². The highest BCUT2D eigenvalue weighted by molar-refractivity contribution is 6.00. The molecule has 0 aromatic carbocycles. The molecule has 2 rings (SSSR count). The van der Waals surface area contributed by atoms with Crippen LogP contribution in [0.5, 0.6) is 0 Å². The summed E-state index contributed by atoms with van der Waals surface area (Å²) in [7, 11) is 0. The first-order valence-electron chi connectivity index (χ1n) is 6.72. The highest BCUT2D eigenvalue weighted by Gasteiger charge is 2.27. The van der Waals surface area contributed by atoms with E-state index in [0.29, 0.717) is 18.8 Å². The van der Waals surface area contributed by atoms with Crippen molar-refractivity contribution in [2.45, 2.75) is 51.5 Å². The van der Waals surface area contributed by atoms with E-state index < -0.39 is 0 Å². The van der Waals surface area contributed by atoms with Gasteiger partial charge in [0.2, 0.25) is 11.8 Å². The van der Waals surface area contributed by atoms with Crippen LogP contribution in [0.3, 0.4) is 0 Å². The van der Waals surface area contributed by atoms with Crippen LogP contribution < -0.4 is 10.6 Å². The molecule has 1 saturated carbocycles. The second kappa shape index (κ2) is 5.63. The molecule has 2 N–H and O–H groups in total. The molecular weight excluding hydrogens is 216 g/mol. The van der Waals surface area contributed by atoms with Crippen LogP contribution in [0, 0.1) is 11.8 Å². The number of rotatable bonds is 3. The number of carbonyl (C=O) groups is 2. The zero-order valence-corrected chi connectivity index (χ0v) is 10.5. The molecule has 0 aromatic heterocycles. The average molecular weight is 238 g/mol. The average Bonchev–Trinajstić information content (AvgIpc) is 2.28. The molecule has 2 fully saturated rings. The normalized spacial score (nSPS) is 34.5. The molecule has 3 unspecified atom stereocenters. The number of piperidine rings is 1. The zero-order chi connectivity index (χ0) is 12.3. The Morgan fingerprint density at radius 3 is 2.82 bits per heavy atom. The van der Waals surface area contributed by atoms with Gasteiger partial charge in [-0.2, -0.15) is 0 Å². The topological polar surface area (TPSA) is 58.2 Å². The minimum absolute atomic E-state index is 0.140. The summed E-state index contributed by atoms with van der Waals surface area (Å²) in [4.78, 5) is 22.6. The number of hydrogen-bond acceptors (Lipinski definition) is 3. The molecular formula is C13H22N2O2. The van der Waals surface area contributed by atoms with Gasteiger partial charge in [-0.1, -0.05) is 19.8 Å². The molecule has 0 radical (unpaired) electrons. The Morgan fingerprint density at radius 1 is 1.29 bits per heavy atom. The Kier molecular flexibility index (Phi) is 4.15. The van der Waals surface area contributed by atoms with Crippen LogP contribution in [0.1, 0.15) is 45.4 Å². The van der Waals surface area contributed by atoms with Crippen LogP contribution in [0.25, 0.3) is 0 Å². The van der Waals surface area contributed by atoms with Crippen molar-refractivity contribution in [1.82, 2.24) is 10.6 Å². The van der Waals surface area contributed by atoms with E-state index in [0.717, 1.165) is 12.5 Å². The third-order valence-corrected chi connectivity index (χ3v) is 3.94. The van der Waals surface area contributed by atoms with Crippen molar-refractivity contribution in [3.05, 3.63) is 0 Å². The van der Waals surface area contributed by atoms with Crippen molar-refractivity contribution in [3.8, 4) is 0 Å². The quantitative estimate of drug-likeness (QED) is 0.727. The number of nitrogens with one attached hydrogen (secondary N) is 2. The molecule has 0 bridgehead atoms. The highest BCUT2D eigenvalue weighted by atomic mass is 16.2. The van der Waals surface area contributed by atoms with Crippen molar-refractivity contribution in [2.75, 3.05) is 6.54 Å². The van der Waals surface area contributed by atoms with Gasteiger partial charge in [-0.3, -0.25) is 14.9 Å². The van der Waals surface area contributed by atoms with E-state index in [2.05, 4.69) is 17.6 Å². The van der Waals surface area contributed by atoms with Crippen molar-refractivity contribution in [2.24, 2.45) is 11.8 Å². The summed E-state index contributed by atoms with van der Waals surface area (Å²) in [6, 6.07) is -0.162. The van der Waals surface area contributed by atoms with Gasteiger partial charge in [-0.05, 0) is 37.6 Å². The molecule has 4 nitrogen and oxygen atoms in total. The van der Waals surface area contributed by atoms with E-state index >= 15 is 0 Å². The summed E-state index contributed by atoms with van der Waals surface area (Å²) in [6.45, 7) is 3.22. The van der Waals surface area contributed by atoms with Gasteiger partial charge in [-0.15, -0.1) is 0 Å². The predicted molar refractivity (Wildman–Crippen MR) is 65.3 cm³/mol.